The topological polar surface area (TPSA) is 61.8 Å². The number of hydrogen-bond acceptors (Lipinski definition) is 4. The van der Waals surface area contributed by atoms with Gasteiger partial charge in [0.15, 0.2) is 0 Å². The molecule has 0 aliphatic heterocycles. The van der Waals surface area contributed by atoms with Gasteiger partial charge < -0.3 is 20.1 Å². The normalized spacial score (nSPS) is 14.7. The Labute approximate surface area is 110 Å². The van der Waals surface area contributed by atoms with Crippen LogP contribution in [0.5, 0.6) is 0 Å². The molecule has 0 aromatic heterocycles. The van der Waals surface area contributed by atoms with E-state index in [-0.39, 0.29) is 0 Å². The van der Waals surface area contributed by atoms with Crippen LogP contribution in [0.2, 0.25) is 0 Å². The summed E-state index contributed by atoms with van der Waals surface area (Å²) in [7, 11) is 1.70. The zero-order valence-corrected chi connectivity index (χ0v) is 12.2. The highest BCUT2D eigenvalue weighted by Gasteiger charge is 2.30. The molecule has 108 valence electrons. The van der Waals surface area contributed by atoms with Gasteiger partial charge in [0.2, 0.25) is 0 Å². The maximum atomic E-state index is 11.1. The van der Waals surface area contributed by atoms with Crippen molar-refractivity contribution in [1.82, 2.24) is 10.2 Å². The SMILES string of the molecule is CCOCCN(CC)CCCC(C)(NC)C(=O)O. The monoisotopic (exact) mass is 260 g/mol. The lowest BCUT2D eigenvalue weighted by molar-refractivity contribution is -0.144. The molecule has 0 bridgehead atoms. The molecule has 0 radical (unpaired) electrons. The Hall–Kier alpha value is -0.650. The van der Waals surface area contributed by atoms with Crippen molar-refractivity contribution in [3.8, 4) is 0 Å². The molecular weight excluding hydrogens is 232 g/mol. The van der Waals surface area contributed by atoms with Crippen LogP contribution >= 0.6 is 0 Å². The van der Waals surface area contributed by atoms with Gasteiger partial charge in [-0.15, -0.1) is 0 Å². The van der Waals surface area contributed by atoms with E-state index < -0.39 is 11.5 Å². The fraction of sp³-hybridized carbons (Fsp3) is 0.923. The number of likely N-dealkylation sites (N-methyl/N-ethyl adjacent to an activating group) is 2. The van der Waals surface area contributed by atoms with Crippen LogP contribution < -0.4 is 5.32 Å². The van der Waals surface area contributed by atoms with E-state index in [0.717, 1.165) is 39.3 Å². The minimum Gasteiger partial charge on any atom is -0.480 e. The summed E-state index contributed by atoms with van der Waals surface area (Å²) in [6, 6.07) is 0. The maximum absolute atomic E-state index is 11.1. The summed E-state index contributed by atoms with van der Waals surface area (Å²) in [5.74, 6) is -0.789. The van der Waals surface area contributed by atoms with Gasteiger partial charge in [-0.1, -0.05) is 6.92 Å². The molecule has 1 unspecified atom stereocenters. The second-order valence-corrected chi connectivity index (χ2v) is 4.62. The van der Waals surface area contributed by atoms with Crippen LogP contribution in [0.25, 0.3) is 0 Å². The Morgan fingerprint density at radius 2 is 2.06 bits per heavy atom. The highest BCUT2D eigenvalue weighted by Crippen LogP contribution is 2.12. The number of aliphatic carboxylic acids is 1. The largest absolute Gasteiger partial charge is 0.480 e. The zero-order valence-electron chi connectivity index (χ0n) is 12.2. The van der Waals surface area contributed by atoms with E-state index in [1.807, 2.05) is 6.92 Å². The molecule has 0 fully saturated rings. The third-order valence-corrected chi connectivity index (χ3v) is 3.38. The predicted octanol–water partition coefficient (Wildman–Crippen LogP) is 1.19. The predicted molar refractivity (Wildman–Crippen MR) is 72.9 cm³/mol. The Kier molecular flexibility index (Phi) is 8.97. The van der Waals surface area contributed by atoms with Crippen LogP contribution in [-0.4, -0.2) is 61.4 Å². The fourth-order valence-corrected chi connectivity index (χ4v) is 1.76. The van der Waals surface area contributed by atoms with Crippen molar-refractivity contribution in [3.63, 3.8) is 0 Å². The van der Waals surface area contributed by atoms with Crippen LogP contribution in [-0.2, 0) is 9.53 Å². The average Bonchev–Trinajstić information content (AvgIpc) is 2.36. The van der Waals surface area contributed by atoms with Gasteiger partial charge in [-0.3, -0.25) is 4.79 Å². The van der Waals surface area contributed by atoms with Gasteiger partial charge in [-0.2, -0.15) is 0 Å². The molecule has 0 aromatic carbocycles. The standard InChI is InChI=1S/C13H28N2O3/c1-5-15(10-11-18-6-2)9-7-8-13(3,14-4)12(16)17/h14H,5-11H2,1-4H3,(H,16,17). The molecule has 0 aliphatic rings. The molecule has 5 nitrogen and oxygen atoms in total. The first-order valence-electron chi connectivity index (χ1n) is 6.72. The molecule has 0 spiro atoms. The third-order valence-electron chi connectivity index (χ3n) is 3.38. The van der Waals surface area contributed by atoms with Gasteiger partial charge in [0.1, 0.15) is 5.54 Å². The highest BCUT2D eigenvalue weighted by molar-refractivity contribution is 5.78. The van der Waals surface area contributed by atoms with E-state index in [9.17, 15) is 4.79 Å². The maximum Gasteiger partial charge on any atom is 0.323 e. The minimum absolute atomic E-state index is 0.629. The first-order chi connectivity index (χ1) is 8.50. The van der Waals surface area contributed by atoms with Crippen LogP contribution in [0.15, 0.2) is 0 Å². The molecule has 0 amide bonds. The molecule has 2 N–H and O–H groups in total. The molecule has 0 aliphatic carbocycles. The number of hydrogen-bond donors (Lipinski definition) is 2. The number of carboxylic acids is 1. The lowest BCUT2D eigenvalue weighted by Crippen LogP contribution is -2.48. The minimum atomic E-state index is -0.820. The Balaban J connectivity index is 3.95. The lowest BCUT2D eigenvalue weighted by Gasteiger charge is -2.26. The lowest BCUT2D eigenvalue weighted by atomic mass is 9.96. The van der Waals surface area contributed by atoms with Gasteiger partial charge in [0.25, 0.3) is 0 Å². The average molecular weight is 260 g/mol. The first kappa shape index (κ1) is 17.4. The summed E-state index contributed by atoms with van der Waals surface area (Å²) >= 11 is 0. The van der Waals surface area contributed by atoms with Crippen LogP contribution in [0.4, 0.5) is 0 Å². The molecule has 5 heteroatoms. The van der Waals surface area contributed by atoms with Crippen molar-refractivity contribution in [2.75, 3.05) is 39.9 Å². The van der Waals surface area contributed by atoms with E-state index in [1.165, 1.54) is 0 Å². The molecule has 0 rings (SSSR count). The van der Waals surface area contributed by atoms with Crippen LogP contribution in [0.1, 0.15) is 33.6 Å². The number of nitrogens with one attached hydrogen (secondary N) is 1. The Bertz CT molecular complexity index is 236. The second kappa shape index (κ2) is 9.30. The molecule has 0 saturated heterocycles. The molecule has 0 saturated carbocycles. The third kappa shape index (κ3) is 6.33. The van der Waals surface area contributed by atoms with Gasteiger partial charge in [0, 0.05) is 13.2 Å². The van der Waals surface area contributed by atoms with Crippen molar-refractivity contribution in [3.05, 3.63) is 0 Å². The summed E-state index contributed by atoms with van der Waals surface area (Å²) in [6.07, 6.45) is 1.49. The van der Waals surface area contributed by atoms with Crippen molar-refractivity contribution in [2.45, 2.75) is 39.2 Å². The number of ether oxygens (including phenoxy) is 1. The van der Waals surface area contributed by atoms with Crippen molar-refractivity contribution in [1.29, 1.82) is 0 Å². The molecule has 18 heavy (non-hydrogen) atoms. The number of carbonyl (C=O) groups is 1. The number of carboxylic acid groups (broad SMARTS) is 1. The molecule has 0 aromatic rings. The quantitative estimate of drug-likeness (QED) is 0.546. The van der Waals surface area contributed by atoms with E-state index >= 15 is 0 Å². The number of nitrogens with zero attached hydrogens (tertiary/aromatic N) is 1. The van der Waals surface area contributed by atoms with Gasteiger partial charge in [0.05, 0.1) is 6.61 Å². The van der Waals surface area contributed by atoms with Crippen LogP contribution in [0, 0.1) is 0 Å². The van der Waals surface area contributed by atoms with E-state index in [1.54, 1.807) is 14.0 Å². The fourth-order valence-electron chi connectivity index (χ4n) is 1.76. The highest BCUT2D eigenvalue weighted by atomic mass is 16.5. The second-order valence-electron chi connectivity index (χ2n) is 4.62. The van der Waals surface area contributed by atoms with Gasteiger partial charge in [-0.05, 0) is 46.8 Å². The molecule has 0 heterocycles. The first-order valence-corrected chi connectivity index (χ1v) is 6.72. The summed E-state index contributed by atoms with van der Waals surface area (Å²) in [6.45, 7) is 10.1. The van der Waals surface area contributed by atoms with E-state index in [2.05, 4.69) is 17.1 Å². The summed E-state index contributed by atoms with van der Waals surface area (Å²) < 4.78 is 5.32. The van der Waals surface area contributed by atoms with Gasteiger partial charge in [-0.25, -0.2) is 0 Å². The van der Waals surface area contributed by atoms with E-state index in [4.69, 9.17) is 9.84 Å². The van der Waals surface area contributed by atoms with Gasteiger partial charge >= 0.3 is 5.97 Å². The van der Waals surface area contributed by atoms with Crippen molar-refractivity contribution < 1.29 is 14.6 Å². The smallest absolute Gasteiger partial charge is 0.323 e. The summed E-state index contributed by atoms with van der Waals surface area (Å²) in [5.41, 5.74) is -0.820. The van der Waals surface area contributed by atoms with E-state index in [0.29, 0.717) is 6.42 Å². The zero-order chi connectivity index (χ0) is 14.0. The van der Waals surface area contributed by atoms with Crippen molar-refractivity contribution in [2.24, 2.45) is 0 Å². The molecular formula is C13H28N2O3. The number of rotatable bonds is 11. The Morgan fingerprint density at radius 1 is 1.39 bits per heavy atom. The summed E-state index contributed by atoms with van der Waals surface area (Å²) in [5, 5.41) is 12.0. The molecule has 1 atom stereocenters. The van der Waals surface area contributed by atoms with Crippen LogP contribution in [0.3, 0.4) is 0 Å². The summed E-state index contributed by atoms with van der Waals surface area (Å²) in [4.78, 5) is 13.4. The van der Waals surface area contributed by atoms with Crippen molar-refractivity contribution >= 4 is 5.97 Å². The Morgan fingerprint density at radius 3 is 2.50 bits per heavy atom.